The first-order valence-corrected chi connectivity index (χ1v) is 10.3. The lowest BCUT2D eigenvalue weighted by molar-refractivity contribution is 0.102. The molecule has 2 aromatic rings. The van der Waals surface area contributed by atoms with Gasteiger partial charge in [0, 0.05) is 11.3 Å². The molecule has 0 aliphatic carbocycles. The first kappa shape index (κ1) is 21.6. The quantitative estimate of drug-likeness (QED) is 0.424. The summed E-state index contributed by atoms with van der Waals surface area (Å²) in [4.78, 5) is 12.5. The summed E-state index contributed by atoms with van der Waals surface area (Å²) in [7, 11) is 0. The van der Waals surface area contributed by atoms with E-state index >= 15 is 0 Å². The van der Waals surface area contributed by atoms with Gasteiger partial charge in [0.05, 0.1) is 16.7 Å². The van der Waals surface area contributed by atoms with E-state index in [2.05, 4.69) is 19.2 Å². The van der Waals surface area contributed by atoms with E-state index in [1.54, 1.807) is 12.1 Å². The van der Waals surface area contributed by atoms with Crippen molar-refractivity contribution in [3.63, 3.8) is 0 Å². The molecular weight excluding hydrogens is 381 g/mol. The summed E-state index contributed by atoms with van der Waals surface area (Å²) in [6.07, 6.45) is 6.71. The summed E-state index contributed by atoms with van der Waals surface area (Å²) < 4.78 is 5.73. The molecule has 146 valence electrons. The van der Waals surface area contributed by atoms with Crippen LogP contribution in [0.5, 0.6) is 5.75 Å². The van der Waals surface area contributed by atoms with Crippen molar-refractivity contribution in [2.45, 2.75) is 52.4 Å². The highest BCUT2D eigenvalue weighted by Gasteiger charge is 2.14. The van der Waals surface area contributed by atoms with Crippen LogP contribution in [0, 0.1) is 0 Å². The van der Waals surface area contributed by atoms with Crippen molar-refractivity contribution in [1.29, 1.82) is 0 Å². The Morgan fingerprint density at radius 3 is 2.19 bits per heavy atom. The predicted octanol–water partition coefficient (Wildman–Crippen LogP) is 7.16. The third-order valence-electron chi connectivity index (χ3n) is 4.37. The number of anilines is 1. The van der Waals surface area contributed by atoms with Gasteiger partial charge >= 0.3 is 0 Å². The highest BCUT2D eigenvalue weighted by Crippen LogP contribution is 2.34. The second-order valence-electron chi connectivity index (χ2n) is 6.54. The van der Waals surface area contributed by atoms with E-state index in [9.17, 15) is 4.79 Å². The van der Waals surface area contributed by atoms with Crippen LogP contribution >= 0.6 is 23.2 Å². The second-order valence-corrected chi connectivity index (χ2v) is 7.35. The van der Waals surface area contributed by atoms with Gasteiger partial charge in [0.1, 0.15) is 0 Å². The highest BCUT2D eigenvalue weighted by molar-refractivity contribution is 6.37. The van der Waals surface area contributed by atoms with Crippen molar-refractivity contribution in [1.82, 2.24) is 0 Å². The van der Waals surface area contributed by atoms with Gasteiger partial charge in [-0.05, 0) is 42.7 Å². The number of carbonyl (C=O) groups is 1. The summed E-state index contributed by atoms with van der Waals surface area (Å²) >= 11 is 12.6. The SMILES string of the molecule is CCCCCCCOc1c(Cl)cc(C(=O)Nc2ccc(CC)cc2)cc1Cl. The van der Waals surface area contributed by atoms with Gasteiger partial charge in [-0.1, -0.05) is 74.9 Å². The summed E-state index contributed by atoms with van der Waals surface area (Å²) in [6.45, 7) is 4.85. The zero-order chi connectivity index (χ0) is 19.6. The minimum Gasteiger partial charge on any atom is -0.490 e. The first-order valence-electron chi connectivity index (χ1n) is 9.57. The lowest BCUT2D eigenvalue weighted by atomic mass is 10.1. The second kappa shape index (κ2) is 11.2. The van der Waals surface area contributed by atoms with E-state index in [1.807, 2.05) is 24.3 Å². The first-order chi connectivity index (χ1) is 13.0. The molecule has 0 spiro atoms. The fourth-order valence-electron chi connectivity index (χ4n) is 2.74. The van der Waals surface area contributed by atoms with E-state index in [0.717, 1.165) is 24.9 Å². The molecule has 0 atom stereocenters. The Labute approximate surface area is 172 Å². The van der Waals surface area contributed by atoms with Gasteiger partial charge in [0.15, 0.2) is 5.75 Å². The monoisotopic (exact) mass is 407 g/mol. The smallest absolute Gasteiger partial charge is 0.255 e. The number of benzene rings is 2. The Kier molecular flexibility index (Phi) is 8.96. The largest absolute Gasteiger partial charge is 0.490 e. The molecule has 0 aliphatic rings. The molecule has 0 bridgehead atoms. The maximum Gasteiger partial charge on any atom is 0.255 e. The molecule has 0 saturated carbocycles. The number of ether oxygens (including phenoxy) is 1. The topological polar surface area (TPSA) is 38.3 Å². The van der Waals surface area contributed by atoms with Gasteiger partial charge < -0.3 is 10.1 Å². The van der Waals surface area contributed by atoms with Crippen molar-refractivity contribution in [2.75, 3.05) is 11.9 Å². The van der Waals surface area contributed by atoms with Crippen LogP contribution in [-0.2, 0) is 6.42 Å². The standard InChI is InChI=1S/C22H27Cl2NO2/c1-3-5-6-7-8-13-27-21-19(23)14-17(15-20(21)24)22(26)25-18-11-9-16(4-2)10-12-18/h9-12,14-15H,3-8,13H2,1-2H3,(H,25,26). The Morgan fingerprint density at radius 2 is 1.59 bits per heavy atom. The van der Waals surface area contributed by atoms with E-state index in [0.29, 0.717) is 28.0 Å². The van der Waals surface area contributed by atoms with Gasteiger partial charge in [0.25, 0.3) is 5.91 Å². The molecule has 0 aliphatic heterocycles. The predicted molar refractivity (Wildman–Crippen MR) is 114 cm³/mol. The maximum absolute atomic E-state index is 12.5. The van der Waals surface area contributed by atoms with Crippen LogP contribution in [0.4, 0.5) is 5.69 Å². The molecule has 1 amide bonds. The van der Waals surface area contributed by atoms with E-state index < -0.39 is 0 Å². The molecule has 0 aromatic heterocycles. The van der Waals surface area contributed by atoms with Gasteiger partial charge in [-0.25, -0.2) is 0 Å². The fourth-order valence-corrected chi connectivity index (χ4v) is 3.33. The number of unbranched alkanes of at least 4 members (excludes halogenated alkanes) is 4. The lowest BCUT2D eigenvalue weighted by Gasteiger charge is -2.12. The number of amides is 1. The number of carbonyl (C=O) groups excluding carboxylic acids is 1. The molecule has 27 heavy (non-hydrogen) atoms. The van der Waals surface area contributed by atoms with E-state index in [4.69, 9.17) is 27.9 Å². The Bertz CT molecular complexity index is 721. The van der Waals surface area contributed by atoms with Crippen molar-refractivity contribution < 1.29 is 9.53 Å². The molecule has 0 heterocycles. The number of hydrogen-bond donors (Lipinski definition) is 1. The minimum absolute atomic E-state index is 0.255. The van der Waals surface area contributed by atoms with Crippen LogP contribution in [0.2, 0.25) is 10.0 Å². The summed E-state index contributed by atoms with van der Waals surface area (Å²) in [5.74, 6) is 0.187. The average Bonchev–Trinajstić information content (AvgIpc) is 2.66. The Hall–Kier alpha value is -1.71. The number of rotatable bonds is 10. The zero-order valence-corrected chi connectivity index (χ0v) is 17.5. The minimum atomic E-state index is -0.255. The molecule has 0 radical (unpaired) electrons. The average molecular weight is 408 g/mol. The Balaban J connectivity index is 1.96. The molecule has 2 rings (SSSR count). The normalized spacial score (nSPS) is 10.7. The zero-order valence-electron chi connectivity index (χ0n) is 16.0. The van der Waals surface area contributed by atoms with Crippen LogP contribution in [0.1, 0.15) is 61.9 Å². The van der Waals surface area contributed by atoms with Gasteiger partial charge in [0.2, 0.25) is 0 Å². The molecule has 0 saturated heterocycles. The Morgan fingerprint density at radius 1 is 0.963 bits per heavy atom. The molecule has 0 fully saturated rings. The third kappa shape index (κ3) is 6.75. The summed E-state index contributed by atoms with van der Waals surface area (Å²) in [5, 5.41) is 3.56. The van der Waals surface area contributed by atoms with Crippen molar-refractivity contribution in [3.8, 4) is 5.75 Å². The summed E-state index contributed by atoms with van der Waals surface area (Å²) in [6, 6.07) is 10.9. The molecule has 5 heteroatoms. The van der Waals surface area contributed by atoms with Crippen LogP contribution in [-0.4, -0.2) is 12.5 Å². The summed E-state index contributed by atoms with van der Waals surface area (Å²) in [5.41, 5.74) is 2.35. The third-order valence-corrected chi connectivity index (χ3v) is 4.94. The molecule has 1 N–H and O–H groups in total. The van der Waals surface area contributed by atoms with Crippen LogP contribution < -0.4 is 10.1 Å². The van der Waals surface area contributed by atoms with Crippen molar-refractivity contribution >= 4 is 34.8 Å². The van der Waals surface area contributed by atoms with E-state index in [1.165, 1.54) is 24.8 Å². The number of aryl methyl sites for hydroxylation is 1. The highest BCUT2D eigenvalue weighted by atomic mass is 35.5. The van der Waals surface area contributed by atoms with Gasteiger partial charge in [-0.15, -0.1) is 0 Å². The van der Waals surface area contributed by atoms with Gasteiger partial charge in [-0.3, -0.25) is 4.79 Å². The van der Waals surface area contributed by atoms with Crippen LogP contribution in [0.15, 0.2) is 36.4 Å². The van der Waals surface area contributed by atoms with Crippen molar-refractivity contribution in [3.05, 3.63) is 57.6 Å². The molecule has 0 unspecified atom stereocenters. The number of halogens is 2. The maximum atomic E-state index is 12.5. The molecule has 3 nitrogen and oxygen atoms in total. The molecule has 2 aromatic carbocycles. The number of nitrogens with one attached hydrogen (secondary N) is 1. The van der Waals surface area contributed by atoms with Crippen LogP contribution in [0.25, 0.3) is 0 Å². The van der Waals surface area contributed by atoms with E-state index in [-0.39, 0.29) is 5.91 Å². The van der Waals surface area contributed by atoms with Crippen molar-refractivity contribution in [2.24, 2.45) is 0 Å². The fraction of sp³-hybridized carbons (Fsp3) is 0.409. The molecular formula is C22H27Cl2NO2. The van der Waals surface area contributed by atoms with Gasteiger partial charge in [-0.2, -0.15) is 0 Å². The van der Waals surface area contributed by atoms with Crippen LogP contribution in [0.3, 0.4) is 0 Å². The number of hydrogen-bond acceptors (Lipinski definition) is 2. The lowest BCUT2D eigenvalue weighted by Crippen LogP contribution is -2.12.